The number of methoxy groups -OCH3 is 1. The molecule has 0 aliphatic rings. The van der Waals surface area contributed by atoms with Crippen molar-refractivity contribution in [3.63, 3.8) is 0 Å². The van der Waals surface area contributed by atoms with E-state index in [-0.39, 0.29) is 0 Å². The number of fused-ring (bicyclic) bond motifs is 1. The maximum Gasteiger partial charge on any atom is 0.224 e. The summed E-state index contributed by atoms with van der Waals surface area (Å²) >= 11 is 0. The van der Waals surface area contributed by atoms with Crippen molar-refractivity contribution in [2.45, 2.75) is 6.92 Å². The van der Waals surface area contributed by atoms with Crippen LogP contribution in [0.4, 0.5) is 0 Å². The SMILES string of the molecule is COc1ncccc1-c1nc2nc(C)ccc2[nH]1. The lowest BCUT2D eigenvalue weighted by molar-refractivity contribution is 0.399. The van der Waals surface area contributed by atoms with Gasteiger partial charge in [-0.2, -0.15) is 0 Å². The summed E-state index contributed by atoms with van der Waals surface area (Å²) in [5.41, 5.74) is 3.38. The minimum atomic E-state index is 0.549. The van der Waals surface area contributed by atoms with E-state index < -0.39 is 0 Å². The highest BCUT2D eigenvalue weighted by atomic mass is 16.5. The van der Waals surface area contributed by atoms with Gasteiger partial charge < -0.3 is 9.72 Å². The quantitative estimate of drug-likeness (QED) is 0.746. The molecule has 0 amide bonds. The Labute approximate surface area is 104 Å². The summed E-state index contributed by atoms with van der Waals surface area (Å²) in [4.78, 5) is 16.2. The molecule has 5 heteroatoms. The molecule has 3 aromatic rings. The van der Waals surface area contributed by atoms with Crippen molar-refractivity contribution < 1.29 is 4.74 Å². The third-order valence-electron chi connectivity index (χ3n) is 2.70. The summed E-state index contributed by atoms with van der Waals surface area (Å²) < 4.78 is 5.23. The zero-order valence-electron chi connectivity index (χ0n) is 10.1. The second-order valence-electron chi connectivity index (χ2n) is 3.97. The van der Waals surface area contributed by atoms with Crippen LogP contribution >= 0.6 is 0 Å². The Kier molecular flexibility index (Phi) is 2.44. The smallest absolute Gasteiger partial charge is 0.224 e. The van der Waals surface area contributed by atoms with Crippen LogP contribution in [-0.2, 0) is 0 Å². The zero-order chi connectivity index (χ0) is 12.5. The van der Waals surface area contributed by atoms with E-state index in [1.165, 1.54) is 0 Å². The molecule has 0 saturated heterocycles. The average molecular weight is 240 g/mol. The molecule has 0 unspecified atom stereocenters. The van der Waals surface area contributed by atoms with Gasteiger partial charge in [0, 0.05) is 11.9 Å². The topological polar surface area (TPSA) is 63.7 Å². The van der Waals surface area contributed by atoms with E-state index in [1.54, 1.807) is 13.3 Å². The first-order valence-electron chi connectivity index (χ1n) is 5.60. The molecule has 3 rings (SSSR count). The van der Waals surface area contributed by atoms with Crippen LogP contribution in [0.15, 0.2) is 30.5 Å². The highest BCUT2D eigenvalue weighted by Gasteiger charge is 2.11. The van der Waals surface area contributed by atoms with Gasteiger partial charge in [-0.15, -0.1) is 0 Å². The lowest BCUT2D eigenvalue weighted by Crippen LogP contribution is -1.91. The van der Waals surface area contributed by atoms with Crippen molar-refractivity contribution >= 4 is 11.2 Å². The minimum Gasteiger partial charge on any atom is -0.480 e. The number of nitrogens with zero attached hydrogens (tertiary/aromatic N) is 3. The van der Waals surface area contributed by atoms with Crippen LogP contribution in [0.3, 0.4) is 0 Å². The number of ether oxygens (including phenoxy) is 1. The summed E-state index contributed by atoms with van der Waals surface area (Å²) in [5, 5.41) is 0. The maximum atomic E-state index is 5.23. The van der Waals surface area contributed by atoms with Crippen molar-refractivity contribution in [3.8, 4) is 17.3 Å². The fourth-order valence-corrected chi connectivity index (χ4v) is 1.85. The fraction of sp³-hybridized carbons (Fsp3) is 0.154. The summed E-state index contributed by atoms with van der Waals surface area (Å²) in [6, 6.07) is 7.68. The van der Waals surface area contributed by atoms with Crippen molar-refractivity contribution in [2.75, 3.05) is 7.11 Å². The molecule has 0 saturated carbocycles. The van der Waals surface area contributed by atoms with Gasteiger partial charge in [0.2, 0.25) is 5.88 Å². The van der Waals surface area contributed by atoms with Crippen molar-refractivity contribution in [1.82, 2.24) is 19.9 Å². The second-order valence-corrected chi connectivity index (χ2v) is 3.97. The van der Waals surface area contributed by atoms with Crippen LogP contribution in [0.5, 0.6) is 5.88 Å². The highest BCUT2D eigenvalue weighted by Crippen LogP contribution is 2.26. The number of pyridine rings is 2. The van der Waals surface area contributed by atoms with Gasteiger partial charge in [-0.1, -0.05) is 0 Å². The Hall–Kier alpha value is -2.43. The third-order valence-corrected chi connectivity index (χ3v) is 2.70. The second kappa shape index (κ2) is 4.10. The molecule has 0 fully saturated rings. The summed E-state index contributed by atoms with van der Waals surface area (Å²) in [6.45, 7) is 1.94. The van der Waals surface area contributed by atoms with E-state index in [9.17, 15) is 0 Å². The van der Waals surface area contributed by atoms with Gasteiger partial charge in [-0.25, -0.2) is 15.0 Å². The molecule has 18 heavy (non-hydrogen) atoms. The molecular formula is C13H12N4O. The molecule has 0 aliphatic carbocycles. The number of imidazole rings is 1. The van der Waals surface area contributed by atoms with Crippen LogP contribution in [-0.4, -0.2) is 27.0 Å². The number of rotatable bonds is 2. The van der Waals surface area contributed by atoms with Crippen LogP contribution in [0.2, 0.25) is 0 Å². The summed E-state index contributed by atoms with van der Waals surface area (Å²) in [7, 11) is 1.59. The van der Waals surface area contributed by atoms with E-state index in [4.69, 9.17) is 4.74 Å². The summed E-state index contributed by atoms with van der Waals surface area (Å²) in [6.07, 6.45) is 1.69. The van der Waals surface area contributed by atoms with E-state index in [1.807, 2.05) is 31.2 Å². The van der Waals surface area contributed by atoms with Crippen LogP contribution in [0.25, 0.3) is 22.6 Å². The van der Waals surface area contributed by atoms with Crippen molar-refractivity contribution in [3.05, 3.63) is 36.2 Å². The molecule has 3 aromatic heterocycles. The van der Waals surface area contributed by atoms with Gasteiger partial charge in [-0.3, -0.25) is 0 Å². The molecule has 1 N–H and O–H groups in total. The van der Waals surface area contributed by atoms with E-state index >= 15 is 0 Å². The number of H-pyrrole nitrogens is 1. The Morgan fingerprint density at radius 3 is 2.89 bits per heavy atom. The molecule has 5 nitrogen and oxygen atoms in total. The van der Waals surface area contributed by atoms with Crippen LogP contribution < -0.4 is 4.74 Å². The van der Waals surface area contributed by atoms with Gasteiger partial charge in [-0.05, 0) is 31.2 Å². The first-order valence-corrected chi connectivity index (χ1v) is 5.60. The zero-order valence-corrected chi connectivity index (χ0v) is 10.1. The molecule has 0 atom stereocenters. The number of aryl methyl sites for hydroxylation is 1. The van der Waals surface area contributed by atoms with E-state index in [0.29, 0.717) is 17.4 Å². The average Bonchev–Trinajstić information content (AvgIpc) is 2.81. The van der Waals surface area contributed by atoms with Crippen molar-refractivity contribution in [1.29, 1.82) is 0 Å². The maximum absolute atomic E-state index is 5.23. The van der Waals surface area contributed by atoms with Gasteiger partial charge in [0.25, 0.3) is 0 Å². The Balaban J connectivity index is 2.19. The van der Waals surface area contributed by atoms with Gasteiger partial charge in [0.15, 0.2) is 5.65 Å². The molecular weight excluding hydrogens is 228 g/mol. The monoisotopic (exact) mass is 240 g/mol. The normalized spacial score (nSPS) is 10.8. The molecule has 0 aliphatic heterocycles. The van der Waals surface area contributed by atoms with E-state index in [0.717, 1.165) is 16.8 Å². The number of hydrogen-bond donors (Lipinski definition) is 1. The molecule has 3 heterocycles. The molecule has 0 aromatic carbocycles. The first-order chi connectivity index (χ1) is 8.78. The molecule has 0 bridgehead atoms. The lowest BCUT2D eigenvalue weighted by Gasteiger charge is -2.02. The van der Waals surface area contributed by atoms with E-state index in [2.05, 4.69) is 19.9 Å². The number of nitrogens with one attached hydrogen (secondary N) is 1. The Bertz CT molecular complexity index is 705. The lowest BCUT2D eigenvalue weighted by atomic mass is 10.2. The van der Waals surface area contributed by atoms with Gasteiger partial charge in [0.1, 0.15) is 5.82 Å². The molecule has 90 valence electrons. The number of aromatic amines is 1. The standard InChI is InChI=1S/C13H12N4O/c1-8-5-6-10-12(15-8)17-11(16-10)9-4-3-7-14-13(9)18-2/h3-7H,1-2H3,(H,15,16,17). The molecule has 0 radical (unpaired) electrons. The Morgan fingerprint density at radius 2 is 2.06 bits per heavy atom. The third kappa shape index (κ3) is 1.69. The van der Waals surface area contributed by atoms with Gasteiger partial charge in [0.05, 0.1) is 18.2 Å². The fourth-order valence-electron chi connectivity index (χ4n) is 1.85. The Morgan fingerprint density at radius 1 is 1.17 bits per heavy atom. The number of hydrogen-bond acceptors (Lipinski definition) is 4. The van der Waals surface area contributed by atoms with Crippen molar-refractivity contribution in [2.24, 2.45) is 0 Å². The largest absolute Gasteiger partial charge is 0.480 e. The minimum absolute atomic E-state index is 0.549. The first kappa shape index (κ1) is 10.7. The van der Waals surface area contributed by atoms with Crippen LogP contribution in [0.1, 0.15) is 5.69 Å². The number of aromatic nitrogens is 4. The predicted octanol–water partition coefficient (Wildman–Crippen LogP) is 2.34. The van der Waals surface area contributed by atoms with Crippen LogP contribution in [0, 0.1) is 6.92 Å². The summed E-state index contributed by atoms with van der Waals surface area (Å²) in [5.74, 6) is 1.27. The highest BCUT2D eigenvalue weighted by molar-refractivity contribution is 5.77. The molecule has 0 spiro atoms. The predicted molar refractivity (Wildman–Crippen MR) is 68.4 cm³/mol. The van der Waals surface area contributed by atoms with Gasteiger partial charge >= 0.3 is 0 Å².